The molecule has 0 aromatic carbocycles. The number of hydrogen-bond acceptors (Lipinski definition) is 3. The zero-order valence-electron chi connectivity index (χ0n) is 11.8. The van der Waals surface area contributed by atoms with Crippen LogP contribution in [-0.4, -0.2) is 9.55 Å². The lowest BCUT2D eigenvalue weighted by atomic mass is 9.53. The molecule has 2 heterocycles. The van der Waals surface area contributed by atoms with Gasteiger partial charge < -0.3 is 5.32 Å². The molecular weight excluding hydrogens is 250 g/mol. The second-order valence-corrected chi connectivity index (χ2v) is 7.59. The Hall–Kier alpha value is -1.16. The molecule has 1 aliphatic heterocycles. The minimum atomic E-state index is 0.108. The maximum atomic E-state index is 12.9. The molecule has 6 rings (SSSR count). The molecular formula is C16H21N3O. The van der Waals surface area contributed by atoms with Crippen LogP contribution in [0.5, 0.6) is 0 Å². The van der Waals surface area contributed by atoms with Gasteiger partial charge in [0, 0.05) is 18.6 Å². The SMILES string of the molecule is O=c1c2c(ncn1C13CC4CC(CC(C4)C1)C3)CNC2. The van der Waals surface area contributed by atoms with Gasteiger partial charge in [0.05, 0.1) is 17.6 Å². The summed E-state index contributed by atoms with van der Waals surface area (Å²) in [5.74, 6) is 2.58. The summed E-state index contributed by atoms with van der Waals surface area (Å²) in [6.45, 7) is 1.46. The highest BCUT2D eigenvalue weighted by atomic mass is 16.1. The summed E-state index contributed by atoms with van der Waals surface area (Å²) in [6.07, 6.45) is 9.74. The molecule has 0 amide bonds. The van der Waals surface area contributed by atoms with E-state index in [1.807, 2.05) is 10.9 Å². The Balaban J connectivity index is 1.65. The second kappa shape index (κ2) is 3.73. The van der Waals surface area contributed by atoms with E-state index in [0.29, 0.717) is 6.54 Å². The van der Waals surface area contributed by atoms with Crippen molar-refractivity contribution in [2.75, 3.05) is 0 Å². The first-order valence-corrected chi connectivity index (χ1v) is 8.04. The van der Waals surface area contributed by atoms with Crippen LogP contribution in [0.2, 0.25) is 0 Å². The van der Waals surface area contributed by atoms with E-state index in [0.717, 1.165) is 35.6 Å². The van der Waals surface area contributed by atoms with Crippen LogP contribution in [0.4, 0.5) is 0 Å². The molecule has 1 aromatic rings. The summed E-state index contributed by atoms with van der Waals surface area (Å²) < 4.78 is 2.04. The molecule has 4 fully saturated rings. The van der Waals surface area contributed by atoms with Crippen LogP contribution in [0.25, 0.3) is 0 Å². The summed E-state index contributed by atoms with van der Waals surface area (Å²) in [7, 11) is 0. The number of nitrogens with zero attached hydrogens (tertiary/aromatic N) is 2. The molecule has 1 aromatic heterocycles. The Kier molecular flexibility index (Phi) is 2.14. The van der Waals surface area contributed by atoms with E-state index in [-0.39, 0.29) is 11.1 Å². The summed E-state index contributed by atoms with van der Waals surface area (Å²) in [5.41, 5.74) is 2.23. The van der Waals surface area contributed by atoms with Crippen LogP contribution in [-0.2, 0) is 18.6 Å². The Bertz CT molecular complexity index is 598. The lowest BCUT2D eigenvalue weighted by Crippen LogP contribution is -2.55. The molecule has 4 bridgehead atoms. The lowest BCUT2D eigenvalue weighted by Gasteiger charge is -2.57. The monoisotopic (exact) mass is 271 g/mol. The highest BCUT2D eigenvalue weighted by Gasteiger charge is 2.52. The van der Waals surface area contributed by atoms with Crippen molar-refractivity contribution in [3.63, 3.8) is 0 Å². The highest BCUT2D eigenvalue weighted by Crippen LogP contribution is 2.58. The second-order valence-electron chi connectivity index (χ2n) is 7.59. The maximum Gasteiger partial charge on any atom is 0.258 e. The largest absolute Gasteiger partial charge is 0.307 e. The van der Waals surface area contributed by atoms with Gasteiger partial charge in [-0.25, -0.2) is 4.98 Å². The van der Waals surface area contributed by atoms with Crippen molar-refractivity contribution in [2.45, 2.75) is 57.2 Å². The molecule has 0 atom stereocenters. The molecule has 5 aliphatic rings. The van der Waals surface area contributed by atoms with Gasteiger partial charge in [-0.3, -0.25) is 9.36 Å². The van der Waals surface area contributed by atoms with Gasteiger partial charge in [0.25, 0.3) is 5.56 Å². The van der Waals surface area contributed by atoms with E-state index < -0.39 is 0 Å². The molecule has 4 heteroatoms. The van der Waals surface area contributed by atoms with Crippen molar-refractivity contribution < 1.29 is 0 Å². The van der Waals surface area contributed by atoms with Crippen molar-refractivity contribution >= 4 is 0 Å². The molecule has 1 N–H and O–H groups in total. The molecule has 4 nitrogen and oxygen atoms in total. The van der Waals surface area contributed by atoms with Crippen LogP contribution in [0.1, 0.15) is 49.8 Å². The van der Waals surface area contributed by atoms with Crippen LogP contribution in [0.3, 0.4) is 0 Å². The van der Waals surface area contributed by atoms with Crippen LogP contribution < -0.4 is 10.9 Å². The number of fused-ring (bicyclic) bond motifs is 1. The van der Waals surface area contributed by atoms with Gasteiger partial charge in [-0.1, -0.05) is 0 Å². The summed E-state index contributed by atoms with van der Waals surface area (Å²) >= 11 is 0. The number of aromatic nitrogens is 2. The smallest absolute Gasteiger partial charge is 0.258 e. The van der Waals surface area contributed by atoms with Crippen LogP contribution >= 0.6 is 0 Å². The van der Waals surface area contributed by atoms with Crippen molar-refractivity contribution in [1.29, 1.82) is 0 Å². The molecule has 4 saturated carbocycles. The van der Waals surface area contributed by atoms with Gasteiger partial charge in [0.2, 0.25) is 0 Å². The van der Waals surface area contributed by atoms with E-state index in [1.165, 1.54) is 38.5 Å². The van der Waals surface area contributed by atoms with E-state index >= 15 is 0 Å². The molecule has 4 aliphatic carbocycles. The van der Waals surface area contributed by atoms with E-state index in [9.17, 15) is 4.79 Å². The Morgan fingerprint density at radius 1 is 1.10 bits per heavy atom. The number of nitrogens with one attached hydrogen (secondary N) is 1. The summed E-state index contributed by atoms with van der Waals surface area (Å²) in [6, 6.07) is 0. The Morgan fingerprint density at radius 2 is 1.75 bits per heavy atom. The van der Waals surface area contributed by atoms with Gasteiger partial charge in [-0.2, -0.15) is 0 Å². The first-order valence-electron chi connectivity index (χ1n) is 8.04. The average Bonchev–Trinajstić information content (AvgIpc) is 2.86. The quantitative estimate of drug-likeness (QED) is 0.847. The average molecular weight is 271 g/mol. The molecule has 0 saturated heterocycles. The normalized spacial score (nSPS) is 41.1. The minimum absolute atomic E-state index is 0.108. The molecule has 0 radical (unpaired) electrons. The van der Waals surface area contributed by atoms with Crippen molar-refractivity contribution in [1.82, 2.24) is 14.9 Å². The highest BCUT2D eigenvalue weighted by molar-refractivity contribution is 5.22. The third-order valence-corrected chi connectivity index (χ3v) is 6.27. The van der Waals surface area contributed by atoms with Crippen LogP contribution in [0.15, 0.2) is 11.1 Å². The lowest BCUT2D eigenvalue weighted by molar-refractivity contribution is -0.0455. The molecule has 20 heavy (non-hydrogen) atoms. The fraction of sp³-hybridized carbons (Fsp3) is 0.750. The van der Waals surface area contributed by atoms with Gasteiger partial charge in [-0.05, 0) is 56.3 Å². The fourth-order valence-corrected chi connectivity index (χ4v) is 5.86. The predicted octanol–water partition coefficient (Wildman–Crippen LogP) is 1.77. The third kappa shape index (κ3) is 1.40. The van der Waals surface area contributed by atoms with E-state index in [4.69, 9.17) is 0 Å². The van der Waals surface area contributed by atoms with E-state index in [2.05, 4.69) is 10.3 Å². The first kappa shape index (κ1) is 11.5. The van der Waals surface area contributed by atoms with Crippen molar-refractivity contribution in [2.24, 2.45) is 17.8 Å². The third-order valence-electron chi connectivity index (χ3n) is 6.27. The maximum absolute atomic E-state index is 12.9. The van der Waals surface area contributed by atoms with E-state index in [1.54, 1.807) is 0 Å². The number of rotatable bonds is 1. The van der Waals surface area contributed by atoms with Crippen molar-refractivity contribution in [3.8, 4) is 0 Å². The number of hydrogen-bond donors (Lipinski definition) is 1. The minimum Gasteiger partial charge on any atom is -0.307 e. The summed E-state index contributed by atoms with van der Waals surface area (Å²) in [5, 5.41) is 3.25. The van der Waals surface area contributed by atoms with Gasteiger partial charge >= 0.3 is 0 Å². The van der Waals surface area contributed by atoms with Crippen LogP contribution in [0, 0.1) is 17.8 Å². The predicted molar refractivity (Wildman–Crippen MR) is 75.2 cm³/mol. The zero-order valence-corrected chi connectivity index (χ0v) is 11.8. The zero-order chi connectivity index (χ0) is 13.3. The molecule has 0 unspecified atom stereocenters. The van der Waals surface area contributed by atoms with Gasteiger partial charge in [0.15, 0.2) is 0 Å². The summed E-state index contributed by atoms with van der Waals surface area (Å²) in [4.78, 5) is 17.4. The standard InChI is InChI=1S/C16H21N3O/c20-15-13-7-17-8-14(13)18-9-19(15)16-4-10-1-11(5-16)3-12(2-10)6-16/h9-12,17H,1-8H2. The first-order chi connectivity index (χ1) is 9.73. The molecule has 0 spiro atoms. The van der Waals surface area contributed by atoms with Crippen molar-refractivity contribution in [3.05, 3.63) is 27.9 Å². The Morgan fingerprint density at radius 3 is 2.40 bits per heavy atom. The Labute approximate surface area is 118 Å². The topological polar surface area (TPSA) is 46.9 Å². The van der Waals surface area contributed by atoms with Gasteiger partial charge in [-0.15, -0.1) is 0 Å². The fourth-order valence-electron chi connectivity index (χ4n) is 5.86. The van der Waals surface area contributed by atoms with Gasteiger partial charge in [0.1, 0.15) is 0 Å². The molecule has 106 valence electrons.